The Bertz CT molecular complexity index is 934. The van der Waals surface area contributed by atoms with Crippen LogP contribution in [0.4, 0.5) is 0 Å². The lowest BCUT2D eigenvalue weighted by atomic mass is 10.1. The van der Waals surface area contributed by atoms with Gasteiger partial charge in [-0.15, -0.1) is 0 Å². The van der Waals surface area contributed by atoms with E-state index >= 15 is 0 Å². The minimum atomic E-state index is -0.0561. The van der Waals surface area contributed by atoms with Crippen molar-refractivity contribution in [3.8, 4) is 16.9 Å². The van der Waals surface area contributed by atoms with E-state index in [0.29, 0.717) is 6.54 Å². The third-order valence-corrected chi connectivity index (χ3v) is 4.41. The second-order valence-electron chi connectivity index (χ2n) is 6.05. The van der Waals surface area contributed by atoms with Gasteiger partial charge in [-0.2, -0.15) is 0 Å². The molecule has 0 unspecified atom stereocenters. The highest BCUT2D eigenvalue weighted by atomic mass is 16.5. The maximum atomic E-state index is 12.4. The van der Waals surface area contributed by atoms with Gasteiger partial charge in [0.05, 0.1) is 19.3 Å². The van der Waals surface area contributed by atoms with Crippen molar-refractivity contribution >= 4 is 0 Å². The van der Waals surface area contributed by atoms with Gasteiger partial charge in [-0.3, -0.25) is 4.79 Å². The van der Waals surface area contributed by atoms with Gasteiger partial charge in [0, 0.05) is 29.0 Å². The minimum absolute atomic E-state index is 0.0561. The lowest BCUT2D eigenvalue weighted by Crippen LogP contribution is -2.19. The van der Waals surface area contributed by atoms with Gasteiger partial charge < -0.3 is 13.8 Å². The molecule has 25 heavy (non-hydrogen) atoms. The van der Waals surface area contributed by atoms with Crippen LogP contribution in [0.1, 0.15) is 29.5 Å². The topological polar surface area (TPSA) is 57.3 Å². The zero-order chi connectivity index (χ0) is 18.0. The summed E-state index contributed by atoms with van der Waals surface area (Å²) >= 11 is 0. The first kappa shape index (κ1) is 17.0. The van der Waals surface area contributed by atoms with Crippen molar-refractivity contribution in [3.63, 3.8) is 0 Å². The predicted molar refractivity (Wildman–Crippen MR) is 97.1 cm³/mol. The molecule has 0 radical (unpaired) electrons. The van der Waals surface area contributed by atoms with E-state index in [-0.39, 0.29) is 5.56 Å². The number of pyridine rings is 1. The van der Waals surface area contributed by atoms with E-state index in [1.165, 1.54) is 0 Å². The van der Waals surface area contributed by atoms with Crippen molar-refractivity contribution in [2.45, 2.75) is 33.7 Å². The van der Waals surface area contributed by atoms with Crippen LogP contribution < -0.4 is 10.3 Å². The highest BCUT2D eigenvalue weighted by Crippen LogP contribution is 2.27. The normalized spacial score (nSPS) is 10.9. The van der Waals surface area contributed by atoms with Gasteiger partial charge in [-0.1, -0.05) is 30.3 Å². The van der Waals surface area contributed by atoms with E-state index in [2.05, 4.69) is 12.1 Å². The van der Waals surface area contributed by atoms with Gasteiger partial charge in [0.25, 0.3) is 5.56 Å². The first-order chi connectivity index (χ1) is 12.0. The summed E-state index contributed by atoms with van der Waals surface area (Å²) in [6.07, 6.45) is 2.73. The molecular weight excluding hydrogens is 316 g/mol. The number of ether oxygens (including phenoxy) is 1. The molecule has 3 aromatic rings. The van der Waals surface area contributed by atoms with Gasteiger partial charge in [0.15, 0.2) is 0 Å². The van der Waals surface area contributed by atoms with Crippen molar-refractivity contribution in [1.29, 1.82) is 0 Å². The Morgan fingerprint density at radius 3 is 2.56 bits per heavy atom. The fourth-order valence-electron chi connectivity index (χ4n) is 3.18. The van der Waals surface area contributed by atoms with Gasteiger partial charge in [-0.25, -0.2) is 0 Å². The SMILES string of the molecule is CCc1cccc(Cn2cc(-c3c(C)noc3C)ccc2=O)c1OC. The summed E-state index contributed by atoms with van der Waals surface area (Å²) < 4.78 is 12.5. The molecule has 130 valence electrons. The zero-order valence-electron chi connectivity index (χ0n) is 15.0. The molecule has 0 spiro atoms. The summed E-state index contributed by atoms with van der Waals surface area (Å²) in [5.41, 5.74) is 4.73. The van der Waals surface area contributed by atoms with Crippen LogP contribution in [0.15, 0.2) is 45.8 Å². The second-order valence-corrected chi connectivity index (χ2v) is 6.05. The van der Waals surface area contributed by atoms with E-state index in [1.807, 2.05) is 44.3 Å². The van der Waals surface area contributed by atoms with Crippen molar-refractivity contribution in [2.75, 3.05) is 7.11 Å². The lowest BCUT2D eigenvalue weighted by molar-refractivity contribution is 0.393. The Labute approximate surface area is 146 Å². The highest BCUT2D eigenvalue weighted by molar-refractivity contribution is 5.66. The number of hydrogen-bond acceptors (Lipinski definition) is 4. The van der Waals surface area contributed by atoms with E-state index in [1.54, 1.807) is 17.7 Å². The molecule has 0 saturated heterocycles. The lowest BCUT2D eigenvalue weighted by Gasteiger charge is -2.14. The average Bonchev–Trinajstić information content (AvgIpc) is 2.95. The quantitative estimate of drug-likeness (QED) is 0.711. The molecule has 2 aromatic heterocycles. The monoisotopic (exact) mass is 338 g/mol. The molecular formula is C20H22N2O3. The third kappa shape index (κ3) is 3.22. The van der Waals surface area contributed by atoms with E-state index in [4.69, 9.17) is 9.26 Å². The number of aryl methyl sites for hydroxylation is 3. The van der Waals surface area contributed by atoms with Crippen molar-refractivity contribution in [3.05, 3.63) is 69.5 Å². The molecule has 0 aliphatic heterocycles. The molecule has 0 saturated carbocycles. The standard InChI is InChI=1S/C20H22N2O3/c1-5-15-7-6-8-17(20(15)24-4)12-22-11-16(9-10-18(22)23)19-13(2)21-25-14(19)3/h6-11H,5,12H2,1-4H3. The van der Waals surface area contributed by atoms with Crippen LogP contribution in [0.3, 0.4) is 0 Å². The molecule has 5 heteroatoms. The zero-order valence-corrected chi connectivity index (χ0v) is 15.0. The Balaban J connectivity index is 2.05. The van der Waals surface area contributed by atoms with Crippen LogP contribution in [0.25, 0.3) is 11.1 Å². The van der Waals surface area contributed by atoms with Crippen LogP contribution in [-0.4, -0.2) is 16.8 Å². The average molecular weight is 338 g/mol. The van der Waals surface area contributed by atoms with E-state index in [0.717, 1.165) is 45.9 Å². The highest BCUT2D eigenvalue weighted by Gasteiger charge is 2.14. The molecule has 5 nitrogen and oxygen atoms in total. The first-order valence-corrected chi connectivity index (χ1v) is 8.33. The molecule has 0 fully saturated rings. The molecule has 0 amide bonds. The van der Waals surface area contributed by atoms with Gasteiger partial charge in [-0.05, 0) is 31.9 Å². The summed E-state index contributed by atoms with van der Waals surface area (Å²) in [5, 5.41) is 4.00. The molecule has 0 aliphatic carbocycles. The second kappa shape index (κ2) is 6.97. The first-order valence-electron chi connectivity index (χ1n) is 8.33. The molecule has 3 rings (SSSR count). The maximum absolute atomic E-state index is 12.4. The minimum Gasteiger partial charge on any atom is -0.496 e. The number of para-hydroxylation sites is 1. The van der Waals surface area contributed by atoms with Crippen molar-refractivity contribution in [1.82, 2.24) is 9.72 Å². The summed E-state index contributed by atoms with van der Waals surface area (Å²) in [6.45, 7) is 6.31. The summed E-state index contributed by atoms with van der Waals surface area (Å²) in [6, 6.07) is 9.43. The fraction of sp³-hybridized carbons (Fsp3) is 0.300. The molecule has 0 atom stereocenters. The predicted octanol–water partition coefficient (Wildman–Crippen LogP) is 3.74. The molecule has 0 N–H and O–H groups in total. The Morgan fingerprint density at radius 2 is 1.92 bits per heavy atom. The van der Waals surface area contributed by atoms with E-state index < -0.39 is 0 Å². The van der Waals surface area contributed by atoms with Crippen molar-refractivity contribution < 1.29 is 9.26 Å². The third-order valence-electron chi connectivity index (χ3n) is 4.41. The van der Waals surface area contributed by atoms with E-state index in [9.17, 15) is 4.79 Å². The number of rotatable bonds is 5. The molecule has 2 heterocycles. The Kier molecular flexibility index (Phi) is 4.74. The van der Waals surface area contributed by atoms with Crippen LogP contribution in [-0.2, 0) is 13.0 Å². The number of nitrogens with zero attached hydrogens (tertiary/aromatic N) is 2. The van der Waals surface area contributed by atoms with Gasteiger partial charge in [0.1, 0.15) is 11.5 Å². The maximum Gasteiger partial charge on any atom is 0.250 e. The molecule has 0 bridgehead atoms. The van der Waals surface area contributed by atoms with Crippen LogP contribution in [0.2, 0.25) is 0 Å². The summed E-state index contributed by atoms with van der Waals surface area (Å²) in [4.78, 5) is 12.4. The molecule has 1 aromatic carbocycles. The van der Waals surface area contributed by atoms with Crippen molar-refractivity contribution in [2.24, 2.45) is 0 Å². The van der Waals surface area contributed by atoms with Gasteiger partial charge >= 0.3 is 0 Å². The van der Waals surface area contributed by atoms with Crippen LogP contribution in [0.5, 0.6) is 5.75 Å². The summed E-state index contributed by atoms with van der Waals surface area (Å²) in [5.74, 6) is 1.59. The van der Waals surface area contributed by atoms with Crippen LogP contribution >= 0.6 is 0 Å². The van der Waals surface area contributed by atoms with Crippen LogP contribution in [0, 0.1) is 13.8 Å². The fourth-order valence-corrected chi connectivity index (χ4v) is 3.18. The number of benzene rings is 1. The largest absolute Gasteiger partial charge is 0.496 e. The Hall–Kier alpha value is -2.82. The summed E-state index contributed by atoms with van der Waals surface area (Å²) in [7, 11) is 1.67. The smallest absolute Gasteiger partial charge is 0.250 e. The van der Waals surface area contributed by atoms with Gasteiger partial charge in [0.2, 0.25) is 0 Å². The Morgan fingerprint density at radius 1 is 1.16 bits per heavy atom. The number of aromatic nitrogens is 2. The number of hydrogen-bond donors (Lipinski definition) is 0. The number of methoxy groups -OCH3 is 1. The molecule has 0 aliphatic rings.